The molecule has 19 heavy (non-hydrogen) atoms. The van der Waals surface area contributed by atoms with Crippen molar-refractivity contribution >= 4 is 0 Å². The van der Waals surface area contributed by atoms with Crippen molar-refractivity contribution in [3.05, 3.63) is 48.5 Å². The fourth-order valence-electron chi connectivity index (χ4n) is 2.74. The second kappa shape index (κ2) is 5.50. The van der Waals surface area contributed by atoms with Gasteiger partial charge in [0.1, 0.15) is 12.7 Å². The Morgan fingerprint density at radius 1 is 1.16 bits per heavy atom. The smallest absolute Gasteiger partial charge is 0.137 e. The maximum absolute atomic E-state index is 6.27. The lowest BCUT2D eigenvalue weighted by Gasteiger charge is -2.15. The Morgan fingerprint density at radius 3 is 2.74 bits per heavy atom. The van der Waals surface area contributed by atoms with Crippen LogP contribution in [0.4, 0.5) is 0 Å². The van der Waals surface area contributed by atoms with E-state index in [0.717, 1.165) is 26.2 Å². The van der Waals surface area contributed by atoms with Crippen LogP contribution in [0.1, 0.15) is 11.5 Å². The first-order valence-corrected chi connectivity index (χ1v) is 6.68. The van der Waals surface area contributed by atoms with Crippen LogP contribution in [0.2, 0.25) is 0 Å². The van der Waals surface area contributed by atoms with Gasteiger partial charge in [-0.05, 0) is 5.56 Å². The number of nitrogens with two attached hydrogens (primary N) is 1. The Morgan fingerprint density at radius 2 is 2.00 bits per heavy atom. The zero-order valence-electron chi connectivity index (χ0n) is 10.9. The molecule has 2 atom stereocenters. The molecule has 1 fully saturated rings. The van der Waals surface area contributed by atoms with Crippen molar-refractivity contribution < 1.29 is 0 Å². The highest BCUT2D eigenvalue weighted by atomic mass is 15.3. The minimum absolute atomic E-state index is 0.221. The van der Waals surface area contributed by atoms with Crippen LogP contribution in [0, 0.1) is 0 Å². The molecule has 0 unspecified atom stereocenters. The number of nitrogens with zero attached hydrogens (tertiary/aromatic N) is 4. The van der Waals surface area contributed by atoms with E-state index < -0.39 is 0 Å². The first kappa shape index (κ1) is 12.3. The molecule has 0 radical (unpaired) electrons. The lowest BCUT2D eigenvalue weighted by molar-refractivity contribution is 0.309. The Bertz CT molecular complexity index is 496. The van der Waals surface area contributed by atoms with E-state index in [1.807, 2.05) is 10.7 Å². The van der Waals surface area contributed by atoms with Crippen molar-refractivity contribution in [3.63, 3.8) is 0 Å². The molecule has 3 rings (SSSR count). The number of hydrogen-bond acceptors (Lipinski definition) is 4. The standard InChI is InChI=1S/C14H19N5/c15-14-9-18(6-7-19-11-16-10-17-19)8-13(14)12-4-2-1-3-5-12/h1-5,10-11,13-14H,6-9,15H2/t13-,14+/m0/s1. The molecular formula is C14H19N5. The van der Waals surface area contributed by atoms with E-state index in [1.54, 1.807) is 12.7 Å². The topological polar surface area (TPSA) is 60.0 Å². The summed E-state index contributed by atoms with van der Waals surface area (Å²) in [5.41, 5.74) is 7.62. The van der Waals surface area contributed by atoms with Crippen LogP contribution in [-0.4, -0.2) is 45.3 Å². The maximum Gasteiger partial charge on any atom is 0.137 e. The molecule has 1 aromatic carbocycles. The molecule has 1 aromatic heterocycles. The lowest BCUT2D eigenvalue weighted by Crippen LogP contribution is -2.30. The molecule has 0 amide bonds. The van der Waals surface area contributed by atoms with Crippen molar-refractivity contribution in [2.75, 3.05) is 19.6 Å². The summed E-state index contributed by atoms with van der Waals surface area (Å²) in [6, 6.07) is 10.8. The molecule has 5 heteroatoms. The van der Waals surface area contributed by atoms with Crippen molar-refractivity contribution in [2.24, 2.45) is 5.73 Å². The summed E-state index contributed by atoms with van der Waals surface area (Å²) >= 11 is 0. The second-order valence-electron chi connectivity index (χ2n) is 5.10. The van der Waals surface area contributed by atoms with Crippen LogP contribution in [0.25, 0.3) is 0 Å². The largest absolute Gasteiger partial charge is 0.326 e. The average Bonchev–Trinajstić information content (AvgIpc) is 3.07. The van der Waals surface area contributed by atoms with Gasteiger partial charge in [-0.1, -0.05) is 30.3 Å². The zero-order chi connectivity index (χ0) is 13.1. The molecule has 2 heterocycles. The van der Waals surface area contributed by atoms with Gasteiger partial charge in [0.05, 0.1) is 6.54 Å². The Labute approximate surface area is 113 Å². The first-order chi connectivity index (χ1) is 9.33. The van der Waals surface area contributed by atoms with Gasteiger partial charge < -0.3 is 5.73 Å². The third-order valence-electron chi connectivity index (χ3n) is 3.78. The molecule has 2 aromatic rings. The highest BCUT2D eigenvalue weighted by Crippen LogP contribution is 2.25. The third-order valence-corrected chi connectivity index (χ3v) is 3.78. The summed E-state index contributed by atoms with van der Waals surface area (Å²) in [7, 11) is 0. The van der Waals surface area contributed by atoms with E-state index in [4.69, 9.17) is 5.73 Å². The van der Waals surface area contributed by atoms with Crippen LogP contribution >= 0.6 is 0 Å². The Hall–Kier alpha value is -1.72. The summed E-state index contributed by atoms with van der Waals surface area (Å²) in [4.78, 5) is 6.36. The van der Waals surface area contributed by atoms with Crippen molar-refractivity contribution in [1.29, 1.82) is 0 Å². The number of hydrogen-bond donors (Lipinski definition) is 1. The van der Waals surface area contributed by atoms with Gasteiger partial charge in [-0.25, -0.2) is 4.98 Å². The van der Waals surface area contributed by atoms with Crippen LogP contribution in [0.15, 0.2) is 43.0 Å². The van der Waals surface area contributed by atoms with E-state index in [0.29, 0.717) is 5.92 Å². The van der Waals surface area contributed by atoms with E-state index in [-0.39, 0.29) is 6.04 Å². The van der Waals surface area contributed by atoms with Gasteiger partial charge >= 0.3 is 0 Å². The fourth-order valence-corrected chi connectivity index (χ4v) is 2.74. The maximum atomic E-state index is 6.27. The summed E-state index contributed by atoms with van der Waals surface area (Å²) in [5, 5.41) is 4.12. The summed E-state index contributed by atoms with van der Waals surface area (Å²) in [6.45, 7) is 3.82. The predicted octanol–water partition coefficient (Wildman–Crippen LogP) is 0.705. The summed E-state index contributed by atoms with van der Waals surface area (Å²) in [5.74, 6) is 0.442. The van der Waals surface area contributed by atoms with E-state index >= 15 is 0 Å². The number of likely N-dealkylation sites (tertiary alicyclic amines) is 1. The molecule has 0 saturated carbocycles. The number of benzene rings is 1. The summed E-state index contributed by atoms with van der Waals surface area (Å²) < 4.78 is 1.86. The van der Waals surface area contributed by atoms with Crippen molar-refractivity contribution in [1.82, 2.24) is 19.7 Å². The van der Waals surface area contributed by atoms with Gasteiger partial charge in [-0.15, -0.1) is 0 Å². The minimum atomic E-state index is 0.221. The van der Waals surface area contributed by atoms with Crippen molar-refractivity contribution in [3.8, 4) is 0 Å². The minimum Gasteiger partial charge on any atom is -0.326 e. The van der Waals surface area contributed by atoms with Gasteiger partial charge in [0.15, 0.2) is 0 Å². The van der Waals surface area contributed by atoms with Gasteiger partial charge in [0.25, 0.3) is 0 Å². The highest BCUT2D eigenvalue weighted by Gasteiger charge is 2.30. The molecule has 100 valence electrons. The third kappa shape index (κ3) is 2.83. The van der Waals surface area contributed by atoms with Gasteiger partial charge in [-0.3, -0.25) is 9.58 Å². The SMILES string of the molecule is N[C@@H]1CN(CCn2cncn2)C[C@H]1c1ccccc1. The molecule has 2 N–H and O–H groups in total. The van der Waals surface area contributed by atoms with Crippen LogP contribution in [0.5, 0.6) is 0 Å². The fraction of sp³-hybridized carbons (Fsp3) is 0.429. The molecule has 0 spiro atoms. The first-order valence-electron chi connectivity index (χ1n) is 6.68. The van der Waals surface area contributed by atoms with Gasteiger partial charge in [0, 0.05) is 31.6 Å². The molecule has 1 aliphatic heterocycles. The normalized spacial score (nSPS) is 23.8. The van der Waals surface area contributed by atoms with Crippen LogP contribution < -0.4 is 5.73 Å². The average molecular weight is 257 g/mol. The molecule has 1 saturated heterocycles. The predicted molar refractivity (Wildman–Crippen MR) is 73.6 cm³/mol. The Kier molecular flexibility index (Phi) is 3.57. The number of rotatable bonds is 4. The molecular weight excluding hydrogens is 238 g/mol. The van der Waals surface area contributed by atoms with Crippen LogP contribution in [-0.2, 0) is 6.54 Å². The van der Waals surface area contributed by atoms with Gasteiger partial charge in [0.2, 0.25) is 0 Å². The quantitative estimate of drug-likeness (QED) is 0.876. The molecule has 5 nitrogen and oxygen atoms in total. The van der Waals surface area contributed by atoms with Crippen LogP contribution in [0.3, 0.4) is 0 Å². The summed E-state index contributed by atoms with van der Waals surface area (Å²) in [6.07, 6.45) is 3.33. The van der Waals surface area contributed by atoms with Crippen molar-refractivity contribution in [2.45, 2.75) is 18.5 Å². The van der Waals surface area contributed by atoms with E-state index in [9.17, 15) is 0 Å². The number of aromatic nitrogens is 3. The monoisotopic (exact) mass is 257 g/mol. The molecule has 0 aliphatic carbocycles. The highest BCUT2D eigenvalue weighted by molar-refractivity contribution is 5.23. The lowest BCUT2D eigenvalue weighted by atomic mass is 9.95. The molecule has 0 bridgehead atoms. The Balaban J connectivity index is 1.59. The van der Waals surface area contributed by atoms with E-state index in [1.165, 1.54) is 5.56 Å². The molecule has 1 aliphatic rings. The second-order valence-corrected chi connectivity index (χ2v) is 5.10. The zero-order valence-corrected chi connectivity index (χ0v) is 10.9. The van der Waals surface area contributed by atoms with E-state index in [2.05, 4.69) is 39.2 Å². The van der Waals surface area contributed by atoms with Gasteiger partial charge in [-0.2, -0.15) is 5.10 Å².